The molecule has 4 N–H and O–H groups in total. The zero-order valence-corrected chi connectivity index (χ0v) is 20.6. The number of thiazole rings is 1. The van der Waals surface area contributed by atoms with E-state index in [0.717, 1.165) is 11.3 Å². The van der Waals surface area contributed by atoms with Crippen LogP contribution in [0, 0.1) is 0 Å². The van der Waals surface area contributed by atoms with Gasteiger partial charge in [0.2, 0.25) is 5.16 Å². The number of tetrazole rings is 1. The number of carbonyl (C=O) groups excluding carboxylic acids is 2. The van der Waals surface area contributed by atoms with Crippen molar-refractivity contribution in [3.05, 3.63) is 35.0 Å². The number of hydrogen-bond acceptors (Lipinski definition) is 13. The lowest BCUT2D eigenvalue weighted by Crippen LogP contribution is -2.71. The van der Waals surface area contributed by atoms with E-state index >= 15 is 0 Å². The molecule has 184 valence electrons. The van der Waals surface area contributed by atoms with Crippen LogP contribution in [0.4, 0.5) is 5.13 Å². The number of fused-ring (bicyclic) bond motifs is 1. The van der Waals surface area contributed by atoms with Crippen molar-refractivity contribution in [2.45, 2.75) is 23.1 Å². The van der Waals surface area contributed by atoms with Crippen molar-refractivity contribution in [3.63, 3.8) is 0 Å². The topological polar surface area (TPSA) is 191 Å². The van der Waals surface area contributed by atoms with Crippen LogP contribution >= 0.6 is 34.9 Å². The van der Waals surface area contributed by atoms with Crippen molar-refractivity contribution < 1.29 is 24.3 Å². The number of carboxylic acid groups (broad SMARTS) is 1. The summed E-state index contributed by atoms with van der Waals surface area (Å²) in [5, 5.41) is 29.3. The van der Waals surface area contributed by atoms with E-state index in [0.29, 0.717) is 23.0 Å². The minimum absolute atomic E-state index is 0.0995. The minimum Gasteiger partial charge on any atom is -0.477 e. The quantitative estimate of drug-likeness (QED) is 0.119. The number of aliphatic carboxylic acids is 1. The summed E-state index contributed by atoms with van der Waals surface area (Å²) in [4.78, 5) is 47.8. The van der Waals surface area contributed by atoms with Gasteiger partial charge in [0.15, 0.2) is 10.8 Å². The van der Waals surface area contributed by atoms with Gasteiger partial charge < -0.3 is 21.0 Å². The van der Waals surface area contributed by atoms with Crippen molar-refractivity contribution >= 4 is 63.5 Å². The van der Waals surface area contributed by atoms with Crippen LogP contribution in [0.15, 0.2) is 39.6 Å². The third-order valence-electron chi connectivity index (χ3n) is 4.88. The fraction of sp³-hybridized carbons (Fsp3) is 0.333. The molecule has 2 aromatic heterocycles. The summed E-state index contributed by atoms with van der Waals surface area (Å²) < 4.78 is 1.53. The maximum atomic E-state index is 12.9. The number of hydrogen-bond donors (Lipinski definition) is 3. The van der Waals surface area contributed by atoms with E-state index in [1.807, 2.05) is 0 Å². The fourth-order valence-corrected chi connectivity index (χ4v) is 6.30. The lowest BCUT2D eigenvalue weighted by atomic mass is 10.0. The molecule has 0 saturated carbocycles. The molecule has 2 aliphatic rings. The summed E-state index contributed by atoms with van der Waals surface area (Å²) in [5.41, 5.74) is 6.15. The molecular formula is C18H19N9O5S3. The lowest BCUT2D eigenvalue weighted by molar-refractivity contribution is -0.150. The van der Waals surface area contributed by atoms with Gasteiger partial charge in [-0.3, -0.25) is 14.5 Å². The van der Waals surface area contributed by atoms with E-state index in [1.165, 1.54) is 45.6 Å². The number of nitrogens with zero attached hydrogens (tertiary/aromatic N) is 7. The Labute approximate surface area is 210 Å². The Balaban J connectivity index is 1.48. The Hall–Kier alpha value is -3.44. The zero-order valence-electron chi connectivity index (χ0n) is 18.2. The Morgan fingerprint density at radius 3 is 2.97 bits per heavy atom. The number of rotatable bonds is 10. The van der Waals surface area contributed by atoms with Crippen LogP contribution in [-0.4, -0.2) is 88.7 Å². The van der Waals surface area contributed by atoms with Gasteiger partial charge in [-0.05, 0) is 16.0 Å². The van der Waals surface area contributed by atoms with Gasteiger partial charge in [-0.15, -0.1) is 34.8 Å². The first-order valence-electron chi connectivity index (χ1n) is 9.89. The number of carbonyl (C=O) groups is 3. The molecule has 2 aliphatic heterocycles. The van der Waals surface area contributed by atoms with E-state index in [4.69, 9.17) is 10.6 Å². The van der Waals surface area contributed by atoms with Crippen LogP contribution in [0.2, 0.25) is 0 Å². The van der Waals surface area contributed by atoms with E-state index in [-0.39, 0.29) is 28.0 Å². The third kappa shape index (κ3) is 4.87. The highest BCUT2D eigenvalue weighted by molar-refractivity contribution is 8.01. The molecule has 0 radical (unpaired) electrons. The van der Waals surface area contributed by atoms with E-state index < -0.39 is 29.2 Å². The fourth-order valence-electron chi connectivity index (χ4n) is 3.38. The summed E-state index contributed by atoms with van der Waals surface area (Å²) in [6.45, 7) is 4.06. The molecule has 0 spiro atoms. The molecule has 1 fully saturated rings. The Morgan fingerprint density at radius 1 is 1.51 bits per heavy atom. The molecule has 2 amide bonds. The van der Waals surface area contributed by atoms with Gasteiger partial charge in [0.05, 0.1) is 6.54 Å². The standard InChI is InChI=1S/C18H19N9O5S3/c1-3-4-26-18(22-24-25-26)35-6-8-5-33-15-11(14(29)27(15)12(8)16(30)31)21-13(28)10(23-32-2)9-7-34-17(19)20-9/h3,7,11,15H,1,4-6H2,2H3,(H2,19,20)(H,21,28)(H,30,31)/b23-10+. The van der Waals surface area contributed by atoms with Gasteiger partial charge in [0, 0.05) is 16.9 Å². The number of β-lactam (4-membered cyclic amide) rings is 1. The number of carboxylic acids is 1. The van der Waals surface area contributed by atoms with Crippen LogP contribution in [0.3, 0.4) is 0 Å². The highest BCUT2D eigenvalue weighted by atomic mass is 32.2. The van der Waals surface area contributed by atoms with Gasteiger partial charge in [-0.1, -0.05) is 23.0 Å². The van der Waals surface area contributed by atoms with Crippen LogP contribution in [0.25, 0.3) is 0 Å². The van der Waals surface area contributed by atoms with Gasteiger partial charge in [0.25, 0.3) is 11.8 Å². The van der Waals surface area contributed by atoms with Gasteiger partial charge in [-0.25, -0.2) is 14.5 Å². The Bertz CT molecular complexity index is 1240. The number of thioether (sulfide) groups is 2. The first kappa shape index (κ1) is 24.7. The van der Waals surface area contributed by atoms with Crippen molar-refractivity contribution in [1.29, 1.82) is 0 Å². The first-order chi connectivity index (χ1) is 16.8. The van der Waals surface area contributed by atoms with Gasteiger partial charge >= 0.3 is 5.97 Å². The highest BCUT2D eigenvalue weighted by Gasteiger charge is 2.54. The molecule has 35 heavy (non-hydrogen) atoms. The van der Waals surface area contributed by atoms with Crippen LogP contribution in [-0.2, 0) is 25.8 Å². The van der Waals surface area contributed by atoms with Crippen molar-refractivity contribution in [3.8, 4) is 0 Å². The maximum Gasteiger partial charge on any atom is 0.352 e. The van der Waals surface area contributed by atoms with Gasteiger partial charge in [-0.2, -0.15) is 0 Å². The summed E-state index contributed by atoms with van der Waals surface area (Å²) in [7, 11) is 1.27. The highest BCUT2D eigenvalue weighted by Crippen LogP contribution is 2.41. The molecule has 1 saturated heterocycles. The largest absolute Gasteiger partial charge is 0.477 e. The lowest BCUT2D eigenvalue weighted by Gasteiger charge is -2.49. The molecule has 0 aliphatic carbocycles. The van der Waals surface area contributed by atoms with Crippen molar-refractivity contribution in [2.24, 2.45) is 5.16 Å². The molecule has 0 bridgehead atoms. The predicted octanol–water partition coefficient (Wildman–Crippen LogP) is -0.221. The summed E-state index contributed by atoms with van der Waals surface area (Å²) in [6.07, 6.45) is 1.64. The van der Waals surface area contributed by atoms with Crippen LogP contribution in [0.1, 0.15) is 5.69 Å². The normalized spacial score (nSPS) is 19.7. The number of allylic oxidation sites excluding steroid dienone is 1. The Morgan fingerprint density at radius 2 is 2.31 bits per heavy atom. The number of nitrogen functional groups attached to an aromatic ring is 1. The monoisotopic (exact) mass is 537 g/mol. The molecule has 17 heteroatoms. The van der Waals surface area contributed by atoms with Crippen molar-refractivity contribution in [2.75, 3.05) is 24.3 Å². The average Bonchev–Trinajstić information content (AvgIpc) is 3.47. The second-order valence-electron chi connectivity index (χ2n) is 7.03. The smallest absolute Gasteiger partial charge is 0.352 e. The number of amides is 2. The maximum absolute atomic E-state index is 12.9. The Kier molecular flexibility index (Phi) is 7.37. The first-order valence-corrected chi connectivity index (χ1v) is 12.8. The molecule has 4 heterocycles. The van der Waals surface area contributed by atoms with Crippen LogP contribution < -0.4 is 11.1 Å². The molecule has 4 rings (SSSR count). The number of nitrogens with one attached hydrogen (secondary N) is 1. The predicted molar refractivity (Wildman–Crippen MR) is 128 cm³/mol. The number of oxime groups is 1. The number of nitrogens with two attached hydrogens (primary N) is 1. The SMILES string of the molecule is C=CCn1nnnc1SCC1=C(C(=O)O)N2C(=O)C(NC(=O)/C(=N/OC)c3csc(N)n3)C2SC1. The van der Waals surface area contributed by atoms with Gasteiger partial charge in [0.1, 0.15) is 29.9 Å². The third-order valence-corrected chi connectivity index (χ3v) is 7.93. The van der Waals surface area contributed by atoms with Crippen molar-refractivity contribution in [1.82, 2.24) is 35.4 Å². The molecule has 14 nitrogen and oxygen atoms in total. The second kappa shape index (κ2) is 10.4. The average molecular weight is 538 g/mol. The number of aromatic nitrogens is 5. The minimum atomic E-state index is -1.23. The van der Waals surface area contributed by atoms with E-state index in [9.17, 15) is 19.5 Å². The molecule has 2 unspecified atom stereocenters. The zero-order chi connectivity index (χ0) is 25.1. The molecule has 2 aromatic rings. The number of anilines is 1. The summed E-state index contributed by atoms with van der Waals surface area (Å²) in [5.74, 6) is -1.84. The summed E-state index contributed by atoms with van der Waals surface area (Å²) in [6, 6.07) is -0.936. The van der Waals surface area contributed by atoms with E-state index in [2.05, 4.69) is 37.6 Å². The molecular weight excluding hydrogens is 518 g/mol. The molecule has 0 aromatic carbocycles. The van der Waals surface area contributed by atoms with E-state index in [1.54, 1.807) is 6.08 Å². The summed E-state index contributed by atoms with van der Waals surface area (Å²) >= 11 is 3.73. The molecule has 2 atom stereocenters. The van der Waals surface area contributed by atoms with Crippen LogP contribution in [0.5, 0.6) is 0 Å². The second-order valence-corrected chi connectivity index (χ2v) is 9.97.